The van der Waals surface area contributed by atoms with Gasteiger partial charge in [0.2, 0.25) is 0 Å². The van der Waals surface area contributed by atoms with E-state index in [1.54, 1.807) is 12.3 Å². The lowest BCUT2D eigenvalue weighted by Gasteiger charge is -2.04. The Balaban J connectivity index is 2.64. The van der Waals surface area contributed by atoms with Crippen LogP contribution in [-0.4, -0.2) is 11.3 Å². The molecule has 0 aliphatic carbocycles. The van der Waals surface area contributed by atoms with Crippen LogP contribution >= 0.6 is 0 Å². The van der Waals surface area contributed by atoms with Crippen molar-refractivity contribution in [3.63, 3.8) is 0 Å². The van der Waals surface area contributed by atoms with Crippen molar-refractivity contribution in [2.24, 2.45) is 0 Å². The number of aromatic nitrogens is 1. The van der Waals surface area contributed by atoms with Gasteiger partial charge in [-0.1, -0.05) is 24.3 Å². The molecule has 0 fully saturated rings. The predicted octanol–water partition coefficient (Wildman–Crippen LogP) is 2.76. The van der Waals surface area contributed by atoms with Crippen LogP contribution < -0.4 is 0 Å². The van der Waals surface area contributed by atoms with Gasteiger partial charge in [0.15, 0.2) is 0 Å². The summed E-state index contributed by atoms with van der Waals surface area (Å²) in [6.45, 7) is 2.01. The highest BCUT2D eigenvalue weighted by Gasteiger charge is 2.00. The van der Waals surface area contributed by atoms with Gasteiger partial charge in [0.1, 0.15) is 6.29 Å². The minimum atomic E-state index is 0.780. The Morgan fingerprint density at radius 1 is 1.27 bits per heavy atom. The van der Waals surface area contributed by atoms with Gasteiger partial charge in [-0.2, -0.15) is 0 Å². The zero-order valence-electron chi connectivity index (χ0n) is 8.47. The monoisotopic (exact) mass is 197 g/mol. The molecule has 0 aliphatic heterocycles. The van der Waals surface area contributed by atoms with Gasteiger partial charge in [-0.05, 0) is 30.2 Å². The van der Waals surface area contributed by atoms with Gasteiger partial charge in [0, 0.05) is 11.6 Å². The van der Waals surface area contributed by atoms with E-state index in [1.165, 1.54) is 6.08 Å². The molecule has 0 unspecified atom stereocenters. The fourth-order valence-corrected chi connectivity index (χ4v) is 1.63. The topological polar surface area (TPSA) is 30.0 Å². The Bertz CT molecular complexity index is 529. The summed E-state index contributed by atoms with van der Waals surface area (Å²) >= 11 is 0. The standard InChI is InChI=1S/C13H11NO/c1-10-11(5-3-9-15)6-7-12-4-2-8-14-13(10)12/h2-9H,1H3. The molecule has 2 nitrogen and oxygen atoms in total. The Kier molecular flexibility index (Phi) is 2.59. The second-order valence-corrected chi connectivity index (χ2v) is 3.35. The molecule has 0 bridgehead atoms. The molecule has 0 atom stereocenters. The van der Waals surface area contributed by atoms with Crippen LogP contribution in [0.2, 0.25) is 0 Å². The highest BCUT2D eigenvalue weighted by Crippen LogP contribution is 2.20. The quantitative estimate of drug-likeness (QED) is 0.547. The molecule has 2 rings (SSSR count). The summed E-state index contributed by atoms with van der Waals surface area (Å²) in [7, 11) is 0. The molecule has 0 aliphatic rings. The van der Waals surface area contributed by atoms with Crippen molar-refractivity contribution in [1.82, 2.24) is 4.98 Å². The van der Waals surface area contributed by atoms with Crippen molar-refractivity contribution in [2.75, 3.05) is 0 Å². The SMILES string of the molecule is Cc1c(C=CC=O)ccc2cccnc12. The number of carbonyl (C=O) groups is 1. The molecule has 74 valence electrons. The van der Waals surface area contributed by atoms with E-state index in [1.807, 2.05) is 31.2 Å². The van der Waals surface area contributed by atoms with Crippen LogP contribution in [0.25, 0.3) is 17.0 Å². The highest BCUT2D eigenvalue weighted by atomic mass is 16.1. The van der Waals surface area contributed by atoms with Crippen molar-refractivity contribution in [1.29, 1.82) is 0 Å². The molecule has 2 aromatic rings. The van der Waals surface area contributed by atoms with Crippen LogP contribution in [0.4, 0.5) is 0 Å². The number of benzene rings is 1. The smallest absolute Gasteiger partial charge is 0.142 e. The third kappa shape index (κ3) is 1.79. The largest absolute Gasteiger partial charge is 0.299 e. The Morgan fingerprint density at radius 2 is 2.13 bits per heavy atom. The molecule has 15 heavy (non-hydrogen) atoms. The van der Waals surface area contributed by atoms with E-state index in [0.717, 1.165) is 28.3 Å². The molecule has 1 aromatic heterocycles. The van der Waals surface area contributed by atoms with Gasteiger partial charge >= 0.3 is 0 Å². The maximum absolute atomic E-state index is 10.3. The van der Waals surface area contributed by atoms with Crippen LogP contribution in [0.5, 0.6) is 0 Å². The minimum Gasteiger partial charge on any atom is -0.299 e. The van der Waals surface area contributed by atoms with Crippen LogP contribution in [0.3, 0.4) is 0 Å². The van der Waals surface area contributed by atoms with E-state index < -0.39 is 0 Å². The van der Waals surface area contributed by atoms with Gasteiger partial charge < -0.3 is 0 Å². The number of nitrogens with zero attached hydrogens (tertiary/aromatic N) is 1. The zero-order chi connectivity index (χ0) is 10.7. The first-order chi connectivity index (χ1) is 7.33. The van der Waals surface area contributed by atoms with Crippen molar-refractivity contribution in [3.8, 4) is 0 Å². The lowest BCUT2D eigenvalue weighted by Crippen LogP contribution is -1.86. The van der Waals surface area contributed by atoms with E-state index >= 15 is 0 Å². The first kappa shape index (κ1) is 9.59. The summed E-state index contributed by atoms with van der Waals surface area (Å²) in [6, 6.07) is 7.96. The van der Waals surface area contributed by atoms with E-state index in [-0.39, 0.29) is 0 Å². The molecule has 0 radical (unpaired) electrons. The van der Waals surface area contributed by atoms with E-state index in [2.05, 4.69) is 4.98 Å². The molecule has 2 heteroatoms. The van der Waals surface area contributed by atoms with Crippen LogP contribution in [0.1, 0.15) is 11.1 Å². The van der Waals surface area contributed by atoms with Crippen molar-refractivity contribution in [2.45, 2.75) is 6.92 Å². The molecule has 1 aromatic carbocycles. The number of hydrogen-bond acceptors (Lipinski definition) is 2. The summed E-state index contributed by atoms with van der Waals surface area (Å²) in [5, 5.41) is 1.12. The number of allylic oxidation sites excluding steroid dienone is 1. The summed E-state index contributed by atoms with van der Waals surface area (Å²) < 4.78 is 0. The summed E-state index contributed by atoms with van der Waals surface area (Å²) in [5.74, 6) is 0. The van der Waals surface area contributed by atoms with Gasteiger partial charge in [-0.25, -0.2) is 0 Å². The van der Waals surface area contributed by atoms with E-state index in [9.17, 15) is 4.79 Å². The molecule has 0 N–H and O–H groups in total. The average Bonchev–Trinajstić information content (AvgIpc) is 2.29. The fourth-order valence-electron chi connectivity index (χ4n) is 1.63. The first-order valence-corrected chi connectivity index (χ1v) is 4.79. The van der Waals surface area contributed by atoms with Gasteiger partial charge in [0.05, 0.1) is 5.52 Å². The van der Waals surface area contributed by atoms with Gasteiger partial charge in [-0.3, -0.25) is 9.78 Å². The lowest BCUT2D eigenvalue weighted by atomic mass is 10.0. The molecule has 0 saturated heterocycles. The number of hydrogen-bond donors (Lipinski definition) is 0. The molecular weight excluding hydrogens is 186 g/mol. The van der Waals surface area contributed by atoms with E-state index in [4.69, 9.17) is 0 Å². The normalized spacial score (nSPS) is 11.0. The molecule has 0 spiro atoms. The molecule has 1 heterocycles. The summed E-state index contributed by atoms with van der Waals surface area (Å²) in [6.07, 6.45) is 5.86. The van der Waals surface area contributed by atoms with Crippen molar-refractivity contribution in [3.05, 3.63) is 47.7 Å². The van der Waals surface area contributed by atoms with Gasteiger partial charge in [-0.15, -0.1) is 0 Å². The van der Waals surface area contributed by atoms with Crippen LogP contribution in [0.15, 0.2) is 36.5 Å². The Labute approximate surface area is 88.3 Å². The summed E-state index contributed by atoms with van der Waals surface area (Å²) in [4.78, 5) is 14.6. The average molecular weight is 197 g/mol. The minimum absolute atomic E-state index is 0.780. The molecule has 0 amide bonds. The fraction of sp³-hybridized carbons (Fsp3) is 0.0769. The predicted molar refractivity (Wildman–Crippen MR) is 61.6 cm³/mol. The number of carbonyl (C=O) groups excluding carboxylic acids is 1. The van der Waals surface area contributed by atoms with Crippen LogP contribution in [0, 0.1) is 6.92 Å². The van der Waals surface area contributed by atoms with Crippen molar-refractivity contribution < 1.29 is 4.79 Å². The maximum atomic E-state index is 10.3. The van der Waals surface area contributed by atoms with Crippen LogP contribution in [-0.2, 0) is 4.79 Å². The van der Waals surface area contributed by atoms with E-state index in [0.29, 0.717) is 0 Å². The highest BCUT2D eigenvalue weighted by molar-refractivity contribution is 5.86. The number of fused-ring (bicyclic) bond motifs is 1. The van der Waals surface area contributed by atoms with Gasteiger partial charge in [0.25, 0.3) is 0 Å². The third-order valence-corrected chi connectivity index (χ3v) is 2.42. The maximum Gasteiger partial charge on any atom is 0.142 e. The number of aldehydes is 1. The van der Waals surface area contributed by atoms with Crippen molar-refractivity contribution >= 4 is 23.3 Å². The molecular formula is C13H11NO. The first-order valence-electron chi connectivity index (χ1n) is 4.79. The number of pyridine rings is 1. The Hall–Kier alpha value is -1.96. The second-order valence-electron chi connectivity index (χ2n) is 3.35. The second kappa shape index (κ2) is 4.05. The Morgan fingerprint density at radius 3 is 2.93 bits per heavy atom. The lowest BCUT2D eigenvalue weighted by molar-refractivity contribution is -0.104. The number of aryl methyl sites for hydroxylation is 1. The molecule has 0 saturated carbocycles. The summed E-state index contributed by atoms with van der Waals surface area (Å²) in [5.41, 5.74) is 3.13. The number of rotatable bonds is 2. The third-order valence-electron chi connectivity index (χ3n) is 2.42. The zero-order valence-corrected chi connectivity index (χ0v) is 8.47.